The first kappa shape index (κ1) is 12.5. The summed E-state index contributed by atoms with van der Waals surface area (Å²) in [5.74, 6) is 0.661. The molecule has 0 aliphatic heterocycles. The second-order valence-electron chi connectivity index (χ2n) is 5.15. The molecule has 0 atom stereocenters. The fourth-order valence-electron chi connectivity index (χ4n) is 2.77. The lowest BCUT2D eigenvalue weighted by Crippen LogP contribution is -2.35. The van der Waals surface area contributed by atoms with Gasteiger partial charge in [0, 0.05) is 6.20 Å². The van der Waals surface area contributed by atoms with E-state index in [0.717, 1.165) is 37.8 Å². The van der Waals surface area contributed by atoms with E-state index in [1.807, 2.05) is 0 Å². The lowest BCUT2D eigenvalue weighted by molar-refractivity contribution is -0.137. The molecule has 1 aliphatic rings. The molecule has 2 heterocycles. The Morgan fingerprint density at radius 2 is 1.95 bits per heavy atom. The molecular formula is C13H14F3N3. The van der Waals surface area contributed by atoms with Gasteiger partial charge in [-0.25, -0.2) is 4.98 Å². The van der Waals surface area contributed by atoms with Crippen LogP contribution in [0.5, 0.6) is 0 Å². The number of pyridine rings is 1. The van der Waals surface area contributed by atoms with Crippen molar-refractivity contribution >= 4 is 5.52 Å². The lowest BCUT2D eigenvalue weighted by Gasteiger charge is -2.22. The van der Waals surface area contributed by atoms with Crippen LogP contribution < -0.4 is 5.73 Å². The predicted molar refractivity (Wildman–Crippen MR) is 64.5 cm³/mol. The topological polar surface area (TPSA) is 43.3 Å². The van der Waals surface area contributed by atoms with Crippen molar-refractivity contribution in [3.63, 3.8) is 0 Å². The Kier molecular flexibility index (Phi) is 2.60. The van der Waals surface area contributed by atoms with Crippen LogP contribution in [0.15, 0.2) is 24.5 Å². The van der Waals surface area contributed by atoms with Crippen LogP contribution >= 0.6 is 0 Å². The zero-order chi connectivity index (χ0) is 13.7. The van der Waals surface area contributed by atoms with Crippen molar-refractivity contribution in [2.24, 2.45) is 5.73 Å². The first-order valence-corrected chi connectivity index (χ1v) is 6.24. The number of imidazole rings is 1. The molecule has 0 bridgehead atoms. The highest BCUT2D eigenvalue weighted by Gasteiger charge is 2.36. The molecule has 19 heavy (non-hydrogen) atoms. The van der Waals surface area contributed by atoms with E-state index < -0.39 is 17.3 Å². The largest absolute Gasteiger partial charge is 0.416 e. The summed E-state index contributed by atoms with van der Waals surface area (Å²) in [7, 11) is 0. The van der Waals surface area contributed by atoms with Gasteiger partial charge in [-0.3, -0.25) is 0 Å². The number of hydrogen-bond acceptors (Lipinski definition) is 2. The molecule has 3 nitrogen and oxygen atoms in total. The van der Waals surface area contributed by atoms with Crippen molar-refractivity contribution in [2.45, 2.75) is 37.4 Å². The number of alkyl halides is 3. The third-order valence-corrected chi connectivity index (χ3v) is 3.80. The Hall–Kier alpha value is -1.56. The molecule has 2 N–H and O–H groups in total. The maximum Gasteiger partial charge on any atom is 0.416 e. The molecule has 102 valence electrons. The number of aromatic nitrogens is 2. The molecule has 0 saturated heterocycles. The normalized spacial score (nSPS) is 19.2. The van der Waals surface area contributed by atoms with Gasteiger partial charge in [-0.05, 0) is 25.0 Å². The Morgan fingerprint density at radius 1 is 1.26 bits per heavy atom. The summed E-state index contributed by atoms with van der Waals surface area (Å²) < 4.78 is 39.6. The highest BCUT2D eigenvalue weighted by atomic mass is 19.4. The molecule has 0 radical (unpaired) electrons. The van der Waals surface area contributed by atoms with E-state index >= 15 is 0 Å². The third kappa shape index (κ3) is 2.00. The van der Waals surface area contributed by atoms with Crippen LogP contribution in [-0.2, 0) is 11.7 Å². The Balaban J connectivity index is 2.10. The summed E-state index contributed by atoms with van der Waals surface area (Å²) >= 11 is 0. The molecule has 0 spiro atoms. The van der Waals surface area contributed by atoms with Gasteiger partial charge in [0.05, 0.1) is 22.8 Å². The van der Waals surface area contributed by atoms with Crippen LogP contribution in [0.1, 0.15) is 37.1 Å². The Bertz CT molecular complexity index is 609. The lowest BCUT2D eigenvalue weighted by atomic mass is 9.98. The van der Waals surface area contributed by atoms with E-state index in [4.69, 9.17) is 5.73 Å². The maximum atomic E-state index is 12.6. The van der Waals surface area contributed by atoms with Gasteiger partial charge in [0.1, 0.15) is 5.82 Å². The van der Waals surface area contributed by atoms with Gasteiger partial charge in [-0.15, -0.1) is 0 Å². The molecule has 1 saturated carbocycles. The molecule has 2 aromatic heterocycles. The van der Waals surface area contributed by atoms with Gasteiger partial charge in [0.15, 0.2) is 0 Å². The summed E-state index contributed by atoms with van der Waals surface area (Å²) in [4.78, 5) is 4.24. The van der Waals surface area contributed by atoms with Crippen molar-refractivity contribution in [3.8, 4) is 0 Å². The third-order valence-electron chi connectivity index (χ3n) is 3.80. The van der Waals surface area contributed by atoms with Crippen LogP contribution in [0.25, 0.3) is 5.52 Å². The SMILES string of the molecule is NC1(c2ncc3cc(C(F)(F)F)ccn23)CCCC1. The highest BCUT2D eigenvalue weighted by molar-refractivity contribution is 5.49. The van der Waals surface area contributed by atoms with Gasteiger partial charge >= 0.3 is 6.18 Å². The number of halogens is 3. The maximum absolute atomic E-state index is 12.6. The average molecular weight is 269 g/mol. The summed E-state index contributed by atoms with van der Waals surface area (Å²) in [5.41, 5.74) is 5.57. The second-order valence-corrected chi connectivity index (χ2v) is 5.15. The average Bonchev–Trinajstić information content (AvgIpc) is 2.93. The first-order chi connectivity index (χ1) is 8.90. The van der Waals surface area contributed by atoms with Crippen molar-refractivity contribution in [2.75, 3.05) is 0 Å². The van der Waals surface area contributed by atoms with Crippen molar-refractivity contribution in [1.82, 2.24) is 9.38 Å². The van der Waals surface area contributed by atoms with Crippen LogP contribution in [-0.4, -0.2) is 9.38 Å². The number of hydrogen-bond donors (Lipinski definition) is 1. The molecule has 1 fully saturated rings. The number of fused-ring (bicyclic) bond motifs is 1. The predicted octanol–water partition coefficient (Wildman–Crippen LogP) is 3.08. The minimum atomic E-state index is -4.33. The van der Waals surface area contributed by atoms with Crippen LogP contribution in [0.3, 0.4) is 0 Å². The van der Waals surface area contributed by atoms with E-state index in [9.17, 15) is 13.2 Å². The second kappa shape index (κ2) is 3.96. The summed E-state index contributed by atoms with van der Waals surface area (Å²) in [6.45, 7) is 0. The quantitative estimate of drug-likeness (QED) is 0.864. The molecule has 3 rings (SSSR count). The summed E-state index contributed by atoms with van der Waals surface area (Å²) in [5, 5.41) is 0. The van der Waals surface area contributed by atoms with E-state index in [-0.39, 0.29) is 0 Å². The van der Waals surface area contributed by atoms with Crippen molar-refractivity contribution in [3.05, 3.63) is 35.9 Å². The molecule has 0 unspecified atom stereocenters. The fourth-order valence-corrected chi connectivity index (χ4v) is 2.77. The van der Waals surface area contributed by atoms with Crippen molar-refractivity contribution < 1.29 is 13.2 Å². The zero-order valence-electron chi connectivity index (χ0n) is 10.2. The molecule has 2 aromatic rings. The van der Waals surface area contributed by atoms with Gasteiger partial charge in [-0.2, -0.15) is 13.2 Å². The van der Waals surface area contributed by atoms with Crippen LogP contribution in [0, 0.1) is 0 Å². The highest BCUT2D eigenvalue weighted by Crippen LogP contribution is 2.36. The van der Waals surface area contributed by atoms with Gasteiger partial charge in [0.2, 0.25) is 0 Å². The first-order valence-electron chi connectivity index (χ1n) is 6.24. The fraction of sp³-hybridized carbons (Fsp3) is 0.462. The van der Waals surface area contributed by atoms with Crippen LogP contribution in [0.4, 0.5) is 13.2 Å². The molecule has 0 amide bonds. The van der Waals surface area contributed by atoms with E-state index in [2.05, 4.69) is 4.98 Å². The molecule has 6 heteroatoms. The number of nitrogens with zero attached hydrogens (tertiary/aromatic N) is 2. The van der Waals surface area contributed by atoms with Crippen molar-refractivity contribution in [1.29, 1.82) is 0 Å². The number of rotatable bonds is 1. The molecular weight excluding hydrogens is 255 g/mol. The minimum absolute atomic E-state index is 0.432. The number of nitrogens with two attached hydrogens (primary N) is 1. The van der Waals surface area contributed by atoms with Crippen LogP contribution in [0.2, 0.25) is 0 Å². The van der Waals surface area contributed by atoms with E-state index in [1.165, 1.54) is 12.4 Å². The Morgan fingerprint density at radius 3 is 2.58 bits per heavy atom. The smallest absolute Gasteiger partial charge is 0.319 e. The van der Waals surface area contributed by atoms with Gasteiger partial charge < -0.3 is 10.1 Å². The van der Waals surface area contributed by atoms with E-state index in [0.29, 0.717) is 11.3 Å². The zero-order valence-corrected chi connectivity index (χ0v) is 10.2. The standard InChI is InChI=1S/C13H14F3N3/c14-13(15,16)9-3-6-19-10(7-9)8-18-11(19)12(17)4-1-2-5-12/h3,6-8H,1-2,4-5,17H2. The summed E-state index contributed by atoms with van der Waals surface area (Å²) in [6, 6.07) is 2.17. The molecule has 0 aromatic carbocycles. The van der Waals surface area contributed by atoms with Gasteiger partial charge in [-0.1, -0.05) is 12.8 Å². The molecule has 1 aliphatic carbocycles. The summed E-state index contributed by atoms with van der Waals surface area (Å²) in [6.07, 6.45) is 2.25. The van der Waals surface area contributed by atoms with Gasteiger partial charge in [0.25, 0.3) is 0 Å². The Labute approximate surface area is 108 Å². The minimum Gasteiger partial charge on any atom is -0.319 e. The van der Waals surface area contributed by atoms with E-state index in [1.54, 1.807) is 4.40 Å². The monoisotopic (exact) mass is 269 g/mol.